The number of hydrogen-bond donors (Lipinski definition) is 0. The average molecular weight is 138 g/mol. The SMILES string of the molecule is Cc1cc(CN=[N+]=[N-])on1. The molecule has 0 aliphatic carbocycles. The summed E-state index contributed by atoms with van der Waals surface area (Å²) in [6, 6.07) is 1.73. The standard InChI is InChI=1S/C5H6N4O/c1-4-2-5(10-8-4)3-7-9-6/h2H,3H2,1H3. The van der Waals surface area contributed by atoms with E-state index in [-0.39, 0.29) is 6.54 Å². The second kappa shape index (κ2) is 2.89. The summed E-state index contributed by atoms with van der Waals surface area (Å²) < 4.78 is 4.75. The predicted molar refractivity (Wildman–Crippen MR) is 34.1 cm³/mol. The molecule has 0 aromatic carbocycles. The molecular formula is C5H6N4O. The zero-order chi connectivity index (χ0) is 7.40. The Labute approximate surface area is 57.3 Å². The third-order valence-electron chi connectivity index (χ3n) is 0.967. The van der Waals surface area contributed by atoms with E-state index < -0.39 is 0 Å². The van der Waals surface area contributed by atoms with Crippen molar-refractivity contribution in [2.75, 3.05) is 0 Å². The molecule has 0 bridgehead atoms. The summed E-state index contributed by atoms with van der Waals surface area (Å²) in [6.07, 6.45) is 0. The second-order valence-corrected chi connectivity index (χ2v) is 1.82. The van der Waals surface area contributed by atoms with Gasteiger partial charge in [-0.15, -0.1) is 0 Å². The monoisotopic (exact) mass is 138 g/mol. The van der Waals surface area contributed by atoms with Crippen molar-refractivity contribution in [3.8, 4) is 0 Å². The molecule has 0 saturated heterocycles. The fourth-order valence-corrected chi connectivity index (χ4v) is 0.592. The van der Waals surface area contributed by atoms with Crippen LogP contribution in [0.25, 0.3) is 10.4 Å². The molecule has 5 heteroatoms. The summed E-state index contributed by atoms with van der Waals surface area (Å²) >= 11 is 0. The highest BCUT2D eigenvalue weighted by atomic mass is 16.5. The van der Waals surface area contributed by atoms with Crippen molar-refractivity contribution in [3.05, 3.63) is 28.0 Å². The first-order valence-corrected chi connectivity index (χ1v) is 2.76. The third kappa shape index (κ3) is 1.50. The van der Waals surface area contributed by atoms with Gasteiger partial charge in [0.05, 0.1) is 12.2 Å². The fourth-order valence-electron chi connectivity index (χ4n) is 0.592. The van der Waals surface area contributed by atoms with Crippen molar-refractivity contribution in [2.45, 2.75) is 13.5 Å². The van der Waals surface area contributed by atoms with Crippen molar-refractivity contribution < 1.29 is 4.52 Å². The minimum atomic E-state index is 0.233. The molecular weight excluding hydrogens is 132 g/mol. The Morgan fingerprint density at radius 2 is 2.70 bits per heavy atom. The summed E-state index contributed by atoms with van der Waals surface area (Å²) in [5.41, 5.74) is 8.73. The highest BCUT2D eigenvalue weighted by molar-refractivity contribution is 5.02. The fraction of sp³-hybridized carbons (Fsp3) is 0.400. The van der Waals surface area contributed by atoms with Crippen LogP contribution in [0.2, 0.25) is 0 Å². The maximum atomic E-state index is 7.93. The van der Waals surface area contributed by atoms with Gasteiger partial charge in [0.1, 0.15) is 5.76 Å². The van der Waals surface area contributed by atoms with Crippen molar-refractivity contribution in [1.82, 2.24) is 5.16 Å². The van der Waals surface area contributed by atoms with E-state index >= 15 is 0 Å². The smallest absolute Gasteiger partial charge is 0.142 e. The van der Waals surface area contributed by atoms with Crippen molar-refractivity contribution in [2.24, 2.45) is 5.11 Å². The lowest BCUT2D eigenvalue weighted by Gasteiger charge is -1.78. The lowest BCUT2D eigenvalue weighted by atomic mass is 10.4. The van der Waals surface area contributed by atoms with E-state index in [0.717, 1.165) is 5.69 Å². The van der Waals surface area contributed by atoms with Crippen LogP contribution in [0.5, 0.6) is 0 Å². The second-order valence-electron chi connectivity index (χ2n) is 1.82. The Hall–Kier alpha value is -1.48. The molecule has 0 spiro atoms. The van der Waals surface area contributed by atoms with Gasteiger partial charge in [0, 0.05) is 11.0 Å². The highest BCUT2D eigenvalue weighted by Crippen LogP contribution is 2.02. The van der Waals surface area contributed by atoms with Crippen LogP contribution in [0.3, 0.4) is 0 Å². The normalized spacial score (nSPS) is 8.90. The van der Waals surface area contributed by atoms with E-state index in [4.69, 9.17) is 10.1 Å². The number of azide groups is 1. The van der Waals surface area contributed by atoms with Gasteiger partial charge in [-0.25, -0.2) is 0 Å². The highest BCUT2D eigenvalue weighted by Gasteiger charge is 1.96. The quantitative estimate of drug-likeness (QED) is 0.355. The number of aryl methyl sites for hydroxylation is 1. The molecule has 5 nitrogen and oxygen atoms in total. The lowest BCUT2D eigenvalue weighted by Crippen LogP contribution is -1.70. The summed E-state index contributed by atoms with van der Waals surface area (Å²) in [5, 5.41) is 6.91. The molecule has 1 heterocycles. The summed E-state index contributed by atoms with van der Waals surface area (Å²) in [7, 11) is 0. The Bertz CT molecular complexity index is 260. The van der Waals surface area contributed by atoms with Gasteiger partial charge in [0.25, 0.3) is 0 Å². The van der Waals surface area contributed by atoms with Crippen LogP contribution >= 0.6 is 0 Å². The first-order chi connectivity index (χ1) is 4.83. The molecule has 0 aliphatic heterocycles. The third-order valence-corrected chi connectivity index (χ3v) is 0.967. The van der Waals surface area contributed by atoms with Gasteiger partial charge >= 0.3 is 0 Å². The minimum Gasteiger partial charge on any atom is -0.361 e. The van der Waals surface area contributed by atoms with Crippen LogP contribution in [0.1, 0.15) is 11.5 Å². The number of nitrogens with zero attached hydrogens (tertiary/aromatic N) is 4. The molecule has 0 N–H and O–H groups in total. The largest absolute Gasteiger partial charge is 0.361 e. The number of rotatable bonds is 2. The van der Waals surface area contributed by atoms with E-state index in [2.05, 4.69) is 15.2 Å². The molecule has 0 amide bonds. The summed E-state index contributed by atoms with van der Waals surface area (Å²) in [6.45, 7) is 2.04. The van der Waals surface area contributed by atoms with E-state index in [9.17, 15) is 0 Å². The maximum Gasteiger partial charge on any atom is 0.142 e. The Kier molecular flexibility index (Phi) is 1.92. The minimum absolute atomic E-state index is 0.233. The topological polar surface area (TPSA) is 74.8 Å². The maximum absolute atomic E-state index is 7.93. The van der Waals surface area contributed by atoms with Crippen molar-refractivity contribution in [3.63, 3.8) is 0 Å². The van der Waals surface area contributed by atoms with Crippen LogP contribution in [-0.4, -0.2) is 5.16 Å². The number of hydrogen-bond acceptors (Lipinski definition) is 3. The van der Waals surface area contributed by atoms with E-state index in [0.29, 0.717) is 5.76 Å². The van der Waals surface area contributed by atoms with Crippen LogP contribution < -0.4 is 0 Å². The van der Waals surface area contributed by atoms with Crippen LogP contribution in [-0.2, 0) is 6.54 Å². The zero-order valence-electron chi connectivity index (χ0n) is 5.48. The van der Waals surface area contributed by atoms with E-state index in [1.54, 1.807) is 6.07 Å². The van der Waals surface area contributed by atoms with Crippen LogP contribution in [0.15, 0.2) is 15.7 Å². The lowest BCUT2D eigenvalue weighted by molar-refractivity contribution is 0.381. The van der Waals surface area contributed by atoms with Crippen LogP contribution in [0, 0.1) is 6.92 Å². The predicted octanol–water partition coefficient (Wildman–Crippen LogP) is 1.79. The molecule has 0 fully saturated rings. The molecule has 1 aromatic rings. The van der Waals surface area contributed by atoms with Gasteiger partial charge < -0.3 is 4.52 Å². The van der Waals surface area contributed by atoms with Gasteiger partial charge in [0.15, 0.2) is 0 Å². The molecule has 1 aromatic heterocycles. The zero-order valence-corrected chi connectivity index (χ0v) is 5.48. The molecule has 10 heavy (non-hydrogen) atoms. The van der Waals surface area contributed by atoms with Crippen LogP contribution in [0.4, 0.5) is 0 Å². The van der Waals surface area contributed by atoms with Crippen molar-refractivity contribution in [1.29, 1.82) is 0 Å². The molecule has 0 radical (unpaired) electrons. The Morgan fingerprint density at radius 1 is 1.90 bits per heavy atom. The van der Waals surface area contributed by atoms with E-state index in [1.165, 1.54) is 0 Å². The van der Waals surface area contributed by atoms with Gasteiger partial charge in [-0.2, -0.15) is 0 Å². The summed E-state index contributed by atoms with van der Waals surface area (Å²) in [4.78, 5) is 2.58. The molecule has 0 atom stereocenters. The van der Waals surface area contributed by atoms with Gasteiger partial charge in [-0.1, -0.05) is 10.3 Å². The molecule has 1 rings (SSSR count). The number of aromatic nitrogens is 1. The van der Waals surface area contributed by atoms with Gasteiger partial charge in [-0.05, 0) is 12.5 Å². The first kappa shape index (κ1) is 6.64. The first-order valence-electron chi connectivity index (χ1n) is 2.76. The average Bonchev–Trinajstić information content (AvgIpc) is 2.31. The molecule has 52 valence electrons. The van der Waals surface area contributed by atoms with Crippen molar-refractivity contribution >= 4 is 0 Å². The molecule has 0 saturated carbocycles. The summed E-state index contributed by atoms with van der Waals surface area (Å²) in [5.74, 6) is 0.593. The van der Waals surface area contributed by atoms with Gasteiger partial charge in [-0.3, -0.25) is 0 Å². The molecule has 0 unspecified atom stereocenters. The van der Waals surface area contributed by atoms with E-state index in [1.807, 2.05) is 6.92 Å². The van der Waals surface area contributed by atoms with Gasteiger partial charge in [0.2, 0.25) is 0 Å². The molecule has 0 aliphatic rings. The Balaban J connectivity index is 2.66. The Morgan fingerprint density at radius 3 is 3.20 bits per heavy atom.